The molecule has 1 rings (SSSR count). The van der Waals surface area contributed by atoms with Crippen molar-refractivity contribution in [2.24, 2.45) is 0 Å². The SMILES string of the molecule is Cc1cc(OCCOC(F)(F)F)c(C)cc1N. The number of nitrogens with two attached hydrogens (primary N) is 1. The predicted molar refractivity (Wildman–Crippen MR) is 57.8 cm³/mol. The Hall–Kier alpha value is -1.43. The fourth-order valence-corrected chi connectivity index (χ4v) is 1.28. The largest absolute Gasteiger partial charge is 0.522 e. The van der Waals surface area contributed by atoms with Crippen molar-refractivity contribution in [3.05, 3.63) is 23.3 Å². The van der Waals surface area contributed by atoms with Gasteiger partial charge in [0.1, 0.15) is 12.4 Å². The Balaban J connectivity index is 2.50. The molecular weight excluding hydrogens is 235 g/mol. The second-order valence-electron chi connectivity index (χ2n) is 3.62. The lowest BCUT2D eigenvalue weighted by molar-refractivity contribution is -0.325. The van der Waals surface area contributed by atoms with E-state index in [1.54, 1.807) is 26.0 Å². The van der Waals surface area contributed by atoms with Gasteiger partial charge < -0.3 is 10.5 Å². The van der Waals surface area contributed by atoms with Crippen molar-refractivity contribution < 1.29 is 22.6 Å². The van der Waals surface area contributed by atoms with Crippen LogP contribution in [0.5, 0.6) is 5.75 Å². The van der Waals surface area contributed by atoms with Crippen molar-refractivity contribution in [3.63, 3.8) is 0 Å². The topological polar surface area (TPSA) is 44.5 Å². The van der Waals surface area contributed by atoms with E-state index >= 15 is 0 Å². The highest BCUT2D eigenvalue weighted by molar-refractivity contribution is 5.53. The summed E-state index contributed by atoms with van der Waals surface area (Å²) in [5, 5.41) is 0. The van der Waals surface area contributed by atoms with Crippen molar-refractivity contribution in [1.82, 2.24) is 0 Å². The Morgan fingerprint density at radius 2 is 1.76 bits per heavy atom. The molecule has 1 aromatic carbocycles. The van der Waals surface area contributed by atoms with Crippen molar-refractivity contribution >= 4 is 5.69 Å². The summed E-state index contributed by atoms with van der Waals surface area (Å²) in [6.07, 6.45) is -4.62. The Morgan fingerprint density at radius 1 is 1.12 bits per heavy atom. The van der Waals surface area contributed by atoms with Gasteiger partial charge in [-0.25, -0.2) is 0 Å². The summed E-state index contributed by atoms with van der Waals surface area (Å²) < 4.78 is 43.8. The molecule has 0 unspecified atom stereocenters. The lowest BCUT2D eigenvalue weighted by Gasteiger charge is -2.12. The lowest BCUT2D eigenvalue weighted by atomic mass is 10.1. The standard InChI is InChI=1S/C11H14F3NO2/c1-7-6-10(8(2)5-9(7)15)16-3-4-17-11(12,13)14/h5-6H,3-4,15H2,1-2H3. The third kappa shape index (κ3) is 4.52. The quantitative estimate of drug-likeness (QED) is 0.659. The van der Waals surface area contributed by atoms with Gasteiger partial charge >= 0.3 is 6.36 Å². The Morgan fingerprint density at radius 3 is 2.35 bits per heavy atom. The number of hydrogen-bond donors (Lipinski definition) is 1. The normalized spacial score (nSPS) is 11.6. The molecule has 0 amide bonds. The number of anilines is 1. The van der Waals surface area contributed by atoms with Gasteiger partial charge in [-0.1, -0.05) is 0 Å². The molecule has 0 atom stereocenters. The van der Waals surface area contributed by atoms with Crippen molar-refractivity contribution in [1.29, 1.82) is 0 Å². The van der Waals surface area contributed by atoms with E-state index in [0.29, 0.717) is 11.4 Å². The first-order chi connectivity index (χ1) is 7.79. The Bertz CT molecular complexity index is 391. The van der Waals surface area contributed by atoms with E-state index < -0.39 is 13.0 Å². The maximum Gasteiger partial charge on any atom is 0.522 e. The summed E-state index contributed by atoms with van der Waals surface area (Å²) in [7, 11) is 0. The number of hydrogen-bond acceptors (Lipinski definition) is 3. The van der Waals surface area contributed by atoms with Gasteiger partial charge in [0, 0.05) is 5.69 Å². The van der Waals surface area contributed by atoms with Gasteiger partial charge in [0.25, 0.3) is 0 Å². The van der Waals surface area contributed by atoms with Gasteiger partial charge in [-0.05, 0) is 37.1 Å². The summed E-state index contributed by atoms with van der Waals surface area (Å²) in [5.74, 6) is 0.516. The lowest BCUT2D eigenvalue weighted by Crippen LogP contribution is -2.18. The maximum atomic E-state index is 11.7. The highest BCUT2D eigenvalue weighted by Gasteiger charge is 2.28. The van der Waals surface area contributed by atoms with Gasteiger partial charge in [0.05, 0.1) is 6.61 Å². The van der Waals surface area contributed by atoms with Crippen LogP contribution in [0.2, 0.25) is 0 Å². The fraction of sp³-hybridized carbons (Fsp3) is 0.455. The van der Waals surface area contributed by atoms with Crippen molar-refractivity contribution in [2.45, 2.75) is 20.2 Å². The maximum absolute atomic E-state index is 11.7. The molecule has 3 nitrogen and oxygen atoms in total. The van der Waals surface area contributed by atoms with Gasteiger partial charge in [0.15, 0.2) is 0 Å². The van der Waals surface area contributed by atoms with Crippen LogP contribution in [0.4, 0.5) is 18.9 Å². The first kappa shape index (κ1) is 13.6. The molecule has 0 aliphatic rings. The molecule has 6 heteroatoms. The molecule has 2 N–H and O–H groups in total. The van der Waals surface area contributed by atoms with Crippen LogP contribution in [-0.2, 0) is 4.74 Å². The number of halogens is 3. The van der Waals surface area contributed by atoms with Crippen LogP contribution in [-0.4, -0.2) is 19.6 Å². The third-order valence-corrected chi connectivity index (χ3v) is 2.17. The summed E-state index contributed by atoms with van der Waals surface area (Å²) in [4.78, 5) is 0. The van der Waals surface area contributed by atoms with E-state index in [2.05, 4.69) is 4.74 Å². The molecular formula is C11H14F3NO2. The second-order valence-corrected chi connectivity index (χ2v) is 3.62. The third-order valence-electron chi connectivity index (χ3n) is 2.17. The Kier molecular flexibility index (Phi) is 4.22. The molecule has 0 heterocycles. The average Bonchev–Trinajstić information content (AvgIpc) is 2.18. The molecule has 0 saturated heterocycles. The first-order valence-electron chi connectivity index (χ1n) is 5.00. The molecule has 17 heavy (non-hydrogen) atoms. The van der Waals surface area contributed by atoms with Crippen LogP contribution < -0.4 is 10.5 Å². The highest BCUT2D eigenvalue weighted by atomic mass is 19.4. The number of rotatable bonds is 4. The zero-order chi connectivity index (χ0) is 13.1. The second kappa shape index (κ2) is 5.27. The predicted octanol–water partition coefficient (Wildman–Crippen LogP) is 2.80. The minimum absolute atomic E-state index is 0.163. The van der Waals surface area contributed by atoms with Crippen LogP contribution in [0.25, 0.3) is 0 Å². The summed E-state index contributed by atoms with van der Waals surface area (Å²) in [6.45, 7) is 2.87. The molecule has 96 valence electrons. The zero-order valence-electron chi connectivity index (χ0n) is 9.60. The molecule has 1 aromatic rings. The van der Waals surface area contributed by atoms with E-state index in [0.717, 1.165) is 11.1 Å². The molecule has 0 radical (unpaired) electrons. The summed E-state index contributed by atoms with van der Waals surface area (Å²) in [6, 6.07) is 3.41. The monoisotopic (exact) mass is 249 g/mol. The zero-order valence-corrected chi connectivity index (χ0v) is 9.60. The number of benzene rings is 1. The van der Waals surface area contributed by atoms with E-state index in [1.807, 2.05) is 0 Å². The number of alkyl halides is 3. The van der Waals surface area contributed by atoms with Gasteiger partial charge in [-0.15, -0.1) is 13.2 Å². The van der Waals surface area contributed by atoms with Crippen molar-refractivity contribution in [3.8, 4) is 5.75 Å². The minimum atomic E-state index is -4.62. The minimum Gasteiger partial charge on any atom is -0.491 e. The smallest absolute Gasteiger partial charge is 0.491 e. The van der Waals surface area contributed by atoms with Crippen LogP contribution in [0.15, 0.2) is 12.1 Å². The van der Waals surface area contributed by atoms with Crippen LogP contribution in [0.1, 0.15) is 11.1 Å². The van der Waals surface area contributed by atoms with Crippen LogP contribution in [0, 0.1) is 13.8 Å². The van der Waals surface area contributed by atoms with Gasteiger partial charge in [-0.3, -0.25) is 4.74 Å². The van der Waals surface area contributed by atoms with E-state index in [1.165, 1.54) is 0 Å². The first-order valence-corrected chi connectivity index (χ1v) is 5.00. The van der Waals surface area contributed by atoms with E-state index in [4.69, 9.17) is 10.5 Å². The summed E-state index contributed by atoms with van der Waals surface area (Å²) in [5.41, 5.74) is 7.90. The number of ether oxygens (including phenoxy) is 2. The average molecular weight is 249 g/mol. The fourth-order valence-electron chi connectivity index (χ4n) is 1.28. The molecule has 0 saturated carbocycles. The Labute approximate surface area is 97.3 Å². The molecule has 0 aliphatic carbocycles. The van der Waals surface area contributed by atoms with E-state index in [9.17, 15) is 13.2 Å². The van der Waals surface area contributed by atoms with Crippen LogP contribution in [0.3, 0.4) is 0 Å². The molecule has 0 fully saturated rings. The molecule has 0 aliphatic heterocycles. The molecule has 0 spiro atoms. The van der Waals surface area contributed by atoms with Crippen molar-refractivity contribution in [2.75, 3.05) is 18.9 Å². The number of aryl methyl sites for hydroxylation is 2. The highest BCUT2D eigenvalue weighted by Crippen LogP contribution is 2.24. The van der Waals surface area contributed by atoms with E-state index in [-0.39, 0.29) is 6.61 Å². The summed E-state index contributed by atoms with van der Waals surface area (Å²) >= 11 is 0. The van der Waals surface area contributed by atoms with Gasteiger partial charge in [-0.2, -0.15) is 0 Å². The molecule has 0 bridgehead atoms. The number of nitrogen functional groups attached to an aromatic ring is 1. The van der Waals surface area contributed by atoms with Gasteiger partial charge in [0.2, 0.25) is 0 Å². The molecule has 0 aromatic heterocycles. The van der Waals surface area contributed by atoms with Crippen LogP contribution >= 0.6 is 0 Å².